The molecule has 1 saturated carbocycles. The number of anilines is 1. The Hall–Kier alpha value is -2.94. The molecule has 0 unspecified atom stereocenters. The van der Waals surface area contributed by atoms with Crippen molar-refractivity contribution >= 4 is 17.2 Å². The van der Waals surface area contributed by atoms with Crippen LogP contribution < -0.4 is 4.90 Å². The van der Waals surface area contributed by atoms with Crippen LogP contribution in [0.5, 0.6) is 0 Å². The van der Waals surface area contributed by atoms with Crippen molar-refractivity contribution in [2.24, 2.45) is 5.92 Å². The average Bonchev–Trinajstić information content (AvgIpc) is 3.27. The number of morpholine rings is 1. The second kappa shape index (κ2) is 8.78. The Balaban J connectivity index is 1.28. The van der Waals surface area contributed by atoms with Crippen LogP contribution >= 0.6 is 0 Å². The molecule has 1 aromatic carbocycles. The molecule has 174 valence electrons. The van der Waals surface area contributed by atoms with Crippen LogP contribution in [0.15, 0.2) is 42.6 Å². The number of alkyl halides is 3. The van der Waals surface area contributed by atoms with Gasteiger partial charge in [-0.3, -0.25) is 0 Å². The highest BCUT2D eigenvalue weighted by molar-refractivity contribution is 5.98. The highest BCUT2D eigenvalue weighted by Crippen LogP contribution is 2.42. The van der Waals surface area contributed by atoms with Crippen LogP contribution in [-0.4, -0.2) is 46.6 Å². The summed E-state index contributed by atoms with van der Waals surface area (Å²) in [7, 11) is 0. The summed E-state index contributed by atoms with van der Waals surface area (Å²) in [4.78, 5) is 6.74. The van der Waals surface area contributed by atoms with Gasteiger partial charge < -0.3 is 15.0 Å². The minimum absolute atomic E-state index is 0.0112. The molecule has 2 fully saturated rings. The smallest absolute Gasteiger partial charge is 0.378 e. The van der Waals surface area contributed by atoms with Gasteiger partial charge in [0.15, 0.2) is 5.65 Å². The molecule has 1 N–H and O–H groups in total. The third-order valence-corrected chi connectivity index (χ3v) is 6.76. The molecule has 3 heterocycles. The predicted molar refractivity (Wildman–Crippen MR) is 119 cm³/mol. The van der Waals surface area contributed by atoms with E-state index in [1.165, 1.54) is 6.07 Å². The number of rotatable bonds is 4. The number of halogens is 3. The highest BCUT2D eigenvalue weighted by atomic mass is 19.4. The van der Waals surface area contributed by atoms with Gasteiger partial charge in [0.1, 0.15) is 11.5 Å². The third-order valence-electron chi connectivity index (χ3n) is 6.76. The number of nitrogens with zero attached hydrogens (tertiary/aromatic N) is 4. The van der Waals surface area contributed by atoms with Crippen LogP contribution in [0.1, 0.15) is 48.4 Å². The van der Waals surface area contributed by atoms with Gasteiger partial charge in [0.05, 0.1) is 30.7 Å². The Bertz CT molecular complexity index is 1140. The van der Waals surface area contributed by atoms with Gasteiger partial charge in [-0.2, -0.15) is 13.2 Å². The first kappa shape index (κ1) is 21.9. The van der Waals surface area contributed by atoms with Gasteiger partial charge in [0, 0.05) is 19.0 Å². The minimum atomic E-state index is -4.34. The van der Waals surface area contributed by atoms with Crippen molar-refractivity contribution in [2.45, 2.75) is 37.8 Å². The van der Waals surface area contributed by atoms with E-state index in [2.05, 4.69) is 15.0 Å². The first-order chi connectivity index (χ1) is 15.9. The van der Waals surface area contributed by atoms with Crippen molar-refractivity contribution in [3.05, 3.63) is 59.4 Å². The molecule has 2 aliphatic rings. The summed E-state index contributed by atoms with van der Waals surface area (Å²) >= 11 is 0. The van der Waals surface area contributed by atoms with Crippen LogP contribution in [0.25, 0.3) is 5.65 Å². The summed E-state index contributed by atoms with van der Waals surface area (Å²) in [5.41, 5.74) is 1.55. The van der Waals surface area contributed by atoms with E-state index in [-0.39, 0.29) is 11.8 Å². The fourth-order valence-electron chi connectivity index (χ4n) is 4.98. The number of hydrogen-bond donors (Lipinski definition) is 1. The van der Waals surface area contributed by atoms with Gasteiger partial charge in [-0.1, -0.05) is 18.2 Å². The lowest BCUT2D eigenvalue weighted by Gasteiger charge is -2.30. The van der Waals surface area contributed by atoms with E-state index in [0.717, 1.165) is 25.0 Å². The molecule has 6 nitrogen and oxygen atoms in total. The standard InChI is InChI=1S/C24H26F3N5O/c25-24(26,27)19-4-2-1-3-18(19)16-5-7-17(8-6-16)23(28)20-15-32-21(29-20)9-10-22(30-32)31-11-13-33-14-12-31/h1-4,9-10,15-17,28H,5-8,11-14H2. The topological polar surface area (TPSA) is 66.5 Å². The van der Waals surface area contributed by atoms with E-state index >= 15 is 0 Å². The fraction of sp³-hybridized carbons (Fsp3) is 0.458. The average molecular weight is 458 g/mol. The van der Waals surface area contributed by atoms with Crippen LogP contribution in [-0.2, 0) is 10.9 Å². The zero-order valence-electron chi connectivity index (χ0n) is 18.2. The molecular weight excluding hydrogens is 431 g/mol. The van der Waals surface area contributed by atoms with Gasteiger partial charge in [-0.25, -0.2) is 9.50 Å². The van der Waals surface area contributed by atoms with Crippen molar-refractivity contribution in [3.8, 4) is 0 Å². The molecule has 0 amide bonds. The van der Waals surface area contributed by atoms with E-state index in [1.807, 2.05) is 12.1 Å². The van der Waals surface area contributed by atoms with Gasteiger partial charge in [-0.05, 0) is 55.4 Å². The molecule has 1 saturated heterocycles. The van der Waals surface area contributed by atoms with Crippen molar-refractivity contribution in [1.29, 1.82) is 5.41 Å². The summed E-state index contributed by atoms with van der Waals surface area (Å²) in [6.07, 6.45) is 0.0579. The number of hydrogen-bond acceptors (Lipinski definition) is 5. The number of ether oxygens (including phenoxy) is 1. The maximum Gasteiger partial charge on any atom is 0.416 e. The molecule has 1 aliphatic heterocycles. The van der Waals surface area contributed by atoms with Crippen LogP contribution in [0.2, 0.25) is 0 Å². The fourth-order valence-corrected chi connectivity index (χ4v) is 4.98. The summed E-state index contributed by atoms with van der Waals surface area (Å²) < 4.78 is 47.4. The molecule has 9 heteroatoms. The Morgan fingerprint density at radius 1 is 1.00 bits per heavy atom. The largest absolute Gasteiger partial charge is 0.416 e. The second-order valence-electron chi connectivity index (χ2n) is 8.77. The van der Waals surface area contributed by atoms with Crippen molar-refractivity contribution in [2.75, 3.05) is 31.2 Å². The first-order valence-corrected chi connectivity index (χ1v) is 11.3. The molecule has 0 atom stereocenters. The Kier molecular flexibility index (Phi) is 5.82. The number of imidazole rings is 1. The maximum atomic E-state index is 13.4. The van der Waals surface area contributed by atoms with Gasteiger partial charge in [0.2, 0.25) is 0 Å². The number of benzene rings is 1. The zero-order chi connectivity index (χ0) is 23.0. The predicted octanol–water partition coefficient (Wildman–Crippen LogP) is 4.93. The van der Waals surface area contributed by atoms with E-state index in [9.17, 15) is 13.2 Å². The van der Waals surface area contributed by atoms with Gasteiger partial charge in [-0.15, -0.1) is 5.10 Å². The monoisotopic (exact) mass is 457 g/mol. The lowest BCUT2D eigenvalue weighted by molar-refractivity contribution is -0.138. The van der Waals surface area contributed by atoms with E-state index in [4.69, 9.17) is 10.1 Å². The first-order valence-electron chi connectivity index (χ1n) is 11.3. The van der Waals surface area contributed by atoms with E-state index < -0.39 is 11.7 Å². The number of nitrogens with one attached hydrogen (secondary N) is 1. The molecular formula is C24H26F3N5O. The normalized spacial score (nSPS) is 22.0. The lowest BCUT2D eigenvalue weighted by atomic mass is 9.75. The lowest BCUT2D eigenvalue weighted by Crippen LogP contribution is -2.36. The number of aromatic nitrogens is 3. The molecule has 3 aromatic rings. The zero-order valence-corrected chi connectivity index (χ0v) is 18.2. The van der Waals surface area contributed by atoms with Crippen molar-refractivity contribution < 1.29 is 17.9 Å². The van der Waals surface area contributed by atoms with E-state index in [0.29, 0.717) is 61.5 Å². The van der Waals surface area contributed by atoms with Gasteiger partial charge >= 0.3 is 6.18 Å². The SMILES string of the molecule is N=C(c1cn2nc(N3CCOCC3)ccc2n1)C1CCC(c2ccccc2C(F)(F)F)CC1. The summed E-state index contributed by atoms with van der Waals surface area (Å²) in [5, 5.41) is 13.4. The molecule has 2 aromatic heterocycles. The molecule has 0 bridgehead atoms. The maximum absolute atomic E-state index is 13.4. The van der Waals surface area contributed by atoms with Crippen LogP contribution in [0.3, 0.4) is 0 Å². The van der Waals surface area contributed by atoms with Crippen LogP contribution in [0.4, 0.5) is 19.0 Å². The molecule has 1 aliphatic carbocycles. The van der Waals surface area contributed by atoms with Gasteiger partial charge in [0.25, 0.3) is 0 Å². The molecule has 0 spiro atoms. The molecule has 0 radical (unpaired) electrons. The third kappa shape index (κ3) is 4.46. The van der Waals surface area contributed by atoms with Crippen molar-refractivity contribution in [3.63, 3.8) is 0 Å². The molecule has 33 heavy (non-hydrogen) atoms. The van der Waals surface area contributed by atoms with E-state index in [1.54, 1.807) is 22.8 Å². The number of fused-ring (bicyclic) bond motifs is 1. The Morgan fingerprint density at radius 3 is 2.45 bits per heavy atom. The Morgan fingerprint density at radius 2 is 1.73 bits per heavy atom. The summed E-state index contributed by atoms with van der Waals surface area (Å²) in [6.45, 7) is 2.93. The minimum Gasteiger partial charge on any atom is -0.378 e. The second-order valence-corrected chi connectivity index (χ2v) is 8.77. The van der Waals surface area contributed by atoms with Crippen molar-refractivity contribution in [1.82, 2.24) is 14.6 Å². The highest BCUT2D eigenvalue weighted by Gasteiger charge is 2.36. The molecule has 5 rings (SSSR count). The quantitative estimate of drug-likeness (QED) is 0.565. The summed E-state index contributed by atoms with van der Waals surface area (Å²) in [5.74, 6) is 0.707. The summed E-state index contributed by atoms with van der Waals surface area (Å²) in [6, 6.07) is 9.71. The Labute approximate surface area is 189 Å². The van der Waals surface area contributed by atoms with Crippen LogP contribution in [0, 0.1) is 11.3 Å².